The Balaban J connectivity index is 1.25. The molecule has 1 aliphatic heterocycles. The molecule has 4 rings (SSSR count). The molecule has 1 saturated carbocycles. The molecule has 1 aromatic carbocycles. The molecule has 2 aromatic rings. The molecule has 5 nitrogen and oxygen atoms in total. The summed E-state index contributed by atoms with van der Waals surface area (Å²) in [5.41, 5.74) is 1.58. The molecule has 2 fully saturated rings. The first-order valence-corrected chi connectivity index (χ1v) is 9.94. The minimum atomic E-state index is -0.455. The zero-order chi connectivity index (χ0) is 20.1. The fraction of sp³-hybridized carbons (Fsp3) is 0.524. The van der Waals surface area contributed by atoms with Gasteiger partial charge >= 0.3 is 0 Å². The minimum Gasteiger partial charge on any atom is -0.447 e. The standard InChI is InChI=1S/C21H25ClFN3O2/c1-20(2,3)17-10-28-18(25-17)9-26-11-21(12-26)7-13(8-21)19(27)24-16-5-14(22)4-15(23)6-16/h4-6,10,13H,7-9,11-12H2,1-3H3,(H,24,27). The molecule has 0 unspecified atom stereocenters. The number of rotatable bonds is 4. The van der Waals surface area contributed by atoms with Gasteiger partial charge in [0.2, 0.25) is 11.8 Å². The Kier molecular flexibility index (Phi) is 4.74. The molecule has 1 spiro atoms. The molecule has 2 heterocycles. The van der Waals surface area contributed by atoms with Crippen LogP contribution in [0.2, 0.25) is 5.02 Å². The van der Waals surface area contributed by atoms with Crippen LogP contribution >= 0.6 is 11.6 Å². The molecule has 0 bridgehead atoms. The third kappa shape index (κ3) is 3.94. The highest BCUT2D eigenvalue weighted by atomic mass is 35.5. The van der Waals surface area contributed by atoms with E-state index < -0.39 is 5.82 Å². The Labute approximate surface area is 169 Å². The van der Waals surface area contributed by atoms with Gasteiger partial charge in [-0.2, -0.15) is 0 Å². The predicted octanol–water partition coefficient (Wildman–Crippen LogP) is 4.62. The lowest BCUT2D eigenvalue weighted by Crippen LogP contribution is -2.63. The Hall–Kier alpha value is -1.92. The summed E-state index contributed by atoms with van der Waals surface area (Å²) < 4.78 is 19.0. The van der Waals surface area contributed by atoms with Crippen molar-refractivity contribution in [2.24, 2.45) is 11.3 Å². The van der Waals surface area contributed by atoms with E-state index in [0.29, 0.717) is 12.2 Å². The predicted molar refractivity (Wildman–Crippen MR) is 106 cm³/mol. The average Bonchev–Trinajstić information content (AvgIpc) is 2.95. The van der Waals surface area contributed by atoms with Crippen LogP contribution in [-0.4, -0.2) is 28.9 Å². The van der Waals surface area contributed by atoms with Crippen molar-refractivity contribution in [2.75, 3.05) is 18.4 Å². The Morgan fingerprint density at radius 1 is 1.36 bits per heavy atom. The third-order valence-corrected chi connectivity index (χ3v) is 5.87. The number of carbonyl (C=O) groups is 1. The van der Waals surface area contributed by atoms with Crippen LogP contribution in [0.5, 0.6) is 0 Å². The highest BCUT2D eigenvalue weighted by molar-refractivity contribution is 6.30. The van der Waals surface area contributed by atoms with E-state index in [0.717, 1.165) is 37.5 Å². The normalized spacial score (nSPS) is 19.3. The Morgan fingerprint density at radius 2 is 2.07 bits per heavy atom. The van der Waals surface area contributed by atoms with Gasteiger partial charge in [-0.15, -0.1) is 0 Å². The molecule has 1 saturated heterocycles. The lowest BCUT2D eigenvalue weighted by molar-refractivity contribution is -0.140. The summed E-state index contributed by atoms with van der Waals surface area (Å²) >= 11 is 5.84. The van der Waals surface area contributed by atoms with E-state index in [9.17, 15) is 9.18 Å². The van der Waals surface area contributed by atoms with E-state index in [-0.39, 0.29) is 27.7 Å². The average molecular weight is 406 g/mol. The van der Waals surface area contributed by atoms with Crippen LogP contribution in [0.1, 0.15) is 45.2 Å². The van der Waals surface area contributed by atoms with Crippen LogP contribution in [0.4, 0.5) is 10.1 Å². The quantitative estimate of drug-likeness (QED) is 0.806. The number of amides is 1. The molecular weight excluding hydrogens is 381 g/mol. The van der Waals surface area contributed by atoms with Crippen LogP contribution in [0.25, 0.3) is 0 Å². The van der Waals surface area contributed by atoms with Gasteiger partial charge in [-0.1, -0.05) is 32.4 Å². The smallest absolute Gasteiger partial charge is 0.227 e. The van der Waals surface area contributed by atoms with Gasteiger partial charge in [0.1, 0.15) is 12.1 Å². The van der Waals surface area contributed by atoms with Crippen LogP contribution in [0.15, 0.2) is 28.9 Å². The van der Waals surface area contributed by atoms with Gasteiger partial charge in [-0.3, -0.25) is 9.69 Å². The fourth-order valence-electron chi connectivity index (χ4n) is 4.23. The molecule has 0 atom stereocenters. The van der Waals surface area contributed by atoms with E-state index >= 15 is 0 Å². The van der Waals surface area contributed by atoms with E-state index in [2.05, 4.69) is 36.0 Å². The van der Waals surface area contributed by atoms with Crippen molar-refractivity contribution in [2.45, 2.75) is 45.6 Å². The number of nitrogens with one attached hydrogen (secondary N) is 1. The van der Waals surface area contributed by atoms with E-state index in [1.165, 1.54) is 12.1 Å². The summed E-state index contributed by atoms with van der Waals surface area (Å²) in [6, 6.07) is 4.06. The number of likely N-dealkylation sites (tertiary alicyclic amines) is 1. The maximum absolute atomic E-state index is 13.4. The first kappa shape index (κ1) is 19.4. The molecule has 1 amide bonds. The van der Waals surface area contributed by atoms with E-state index in [1.807, 2.05) is 0 Å². The Morgan fingerprint density at radius 3 is 2.68 bits per heavy atom. The van der Waals surface area contributed by atoms with Crippen molar-refractivity contribution in [1.82, 2.24) is 9.88 Å². The molecule has 28 heavy (non-hydrogen) atoms. The number of oxazole rings is 1. The number of benzene rings is 1. The maximum Gasteiger partial charge on any atom is 0.227 e. The van der Waals surface area contributed by atoms with Crippen molar-refractivity contribution < 1.29 is 13.6 Å². The van der Waals surface area contributed by atoms with Crippen molar-refractivity contribution in [1.29, 1.82) is 0 Å². The summed E-state index contributed by atoms with van der Waals surface area (Å²) in [7, 11) is 0. The summed E-state index contributed by atoms with van der Waals surface area (Å²) in [5.74, 6) is 0.201. The molecule has 1 aliphatic carbocycles. The van der Waals surface area contributed by atoms with Gasteiger partial charge in [0.25, 0.3) is 0 Å². The van der Waals surface area contributed by atoms with Crippen molar-refractivity contribution in [3.63, 3.8) is 0 Å². The molecule has 1 N–H and O–H groups in total. The monoisotopic (exact) mass is 405 g/mol. The zero-order valence-corrected chi connectivity index (χ0v) is 17.1. The number of aromatic nitrogens is 1. The number of hydrogen-bond donors (Lipinski definition) is 1. The molecule has 150 valence electrons. The zero-order valence-electron chi connectivity index (χ0n) is 16.4. The summed E-state index contributed by atoms with van der Waals surface area (Å²) in [6.07, 6.45) is 3.46. The number of anilines is 1. The number of hydrogen-bond acceptors (Lipinski definition) is 4. The van der Waals surface area contributed by atoms with Gasteiger partial charge in [0.15, 0.2) is 0 Å². The lowest BCUT2D eigenvalue weighted by atomic mass is 9.57. The van der Waals surface area contributed by atoms with Crippen LogP contribution < -0.4 is 5.32 Å². The van der Waals surface area contributed by atoms with Crippen LogP contribution in [0.3, 0.4) is 0 Å². The van der Waals surface area contributed by atoms with Crippen molar-refractivity contribution in [3.05, 3.63) is 46.9 Å². The van der Waals surface area contributed by atoms with Gasteiger partial charge in [-0.25, -0.2) is 9.37 Å². The molecule has 7 heteroatoms. The first-order chi connectivity index (χ1) is 13.1. The van der Waals surface area contributed by atoms with Gasteiger partial charge in [-0.05, 0) is 36.5 Å². The van der Waals surface area contributed by atoms with Gasteiger partial charge in [0.05, 0.1) is 12.2 Å². The van der Waals surface area contributed by atoms with Crippen LogP contribution in [0, 0.1) is 17.2 Å². The van der Waals surface area contributed by atoms with E-state index in [1.54, 1.807) is 12.3 Å². The molecule has 0 radical (unpaired) electrons. The highest BCUT2D eigenvalue weighted by Gasteiger charge is 2.54. The second-order valence-electron chi connectivity index (χ2n) is 9.27. The SMILES string of the molecule is CC(C)(C)c1coc(CN2CC3(CC(C(=O)Nc4cc(F)cc(Cl)c4)C3)C2)n1. The van der Waals surface area contributed by atoms with Crippen molar-refractivity contribution >= 4 is 23.2 Å². The second kappa shape index (κ2) is 6.85. The maximum atomic E-state index is 13.4. The first-order valence-electron chi connectivity index (χ1n) is 9.56. The molecule has 1 aromatic heterocycles. The summed E-state index contributed by atoms with van der Waals surface area (Å²) in [5, 5.41) is 3.05. The minimum absolute atomic E-state index is 0.0155. The fourth-order valence-corrected chi connectivity index (χ4v) is 4.45. The summed E-state index contributed by atoms with van der Waals surface area (Å²) in [6.45, 7) is 8.96. The largest absolute Gasteiger partial charge is 0.447 e. The summed E-state index contributed by atoms with van der Waals surface area (Å²) in [4.78, 5) is 19.3. The third-order valence-electron chi connectivity index (χ3n) is 5.66. The van der Waals surface area contributed by atoms with E-state index in [4.69, 9.17) is 16.0 Å². The Bertz CT molecular complexity index is 871. The molecule has 2 aliphatic rings. The second-order valence-corrected chi connectivity index (χ2v) is 9.71. The number of nitrogens with zero attached hydrogens (tertiary/aromatic N) is 2. The topological polar surface area (TPSA) is 58.4 Å². The van der Waals surface area contributed by atoms with Gasteiger partial charge < -0.3 is 9.73 Å². The van der Waals surface area contributed by atoms with Crippen molar-refractivity contribution in [3.8, 4) is 0 Å². The highest BCUT2D eigenvalue weighted by Crippen LogP contribution is 2.52. The number of carbonyl (C=O) groups excluding carboxylic acids is 1. The van der Waals surface area contributed by atoms with Crippen LogP contribution in [-0.2, 0) is 16.8 Å². The number of halogens is 2. The molecular formula is C21H25ClFN3O2. The lowest BCUT2D eigenvalue weighted by Gasteiger charge is -2.58. The van der Waals surface area contributed by atoms with Gasteiger partial charge in [0, 0.05) is 35.1 Å².